The van der Waals surface area contributed by atoms with E-state index in [9.17, 15) is 10.2 Å². The summed E-state index contributed by atoms with van der Waals surface area (Å²) in [6.45, 7) is 20.1. The van der Waals surface area contributed by atoms with Gasteiger partial charge in [0.05, 0.1) is 0 Å². The van der Waals surface area contributed by atoms with Crippen molar-refractivity contribution in [2.75, 3.05) is 27.2 Å². The molecule has 59 heavy (non-hydrogen) atoms. The van der Waals surface area contributed by atoms with E-state index in [1.54, 1.807) is 0 Å². The molecule has 2 N–H and O–H groups in total. The number of hydrogen-bond donors (Lipinski definition) is 2. The number of aryl methyl sites for hydroxylation is 6. The molecule has 6 aromatic rings. The summed E-state index contributed by atoms with van der Waals surface area (Å²) in [4.78, 5) is 4.59. The molecule has 0 atom stereocenters. The molecular formula is C52H56Cl2N2O2Ti. The Morgan fingerprint density at radius 3 is 1.03 bits per heavy atom. The second kappa shape index (κ2) is 16.9. The molecule has 0 saturated heterocycles. The first kappa shape index (κ1) is 43.2. The van der Waals surface area contributed by atoms with Gasteiger partial charge in [0, 0.05) is 59.3 Å². The van der Waals surface area contributed by atoms with Crippen LogP contribution in [0.4, 0.5) is 0 Å². The van der Waals surface area contributed by atoms with Gasteiger partial charge in [-0.25, -0.2) is 0 Å². The molecule has 7 heteroatoms. The minimum absolute atomic E-state index is 0.348. The van der Waals surface area contributed by atoms with Crippen molar-refractivity contribution in [2.24, 2.45) is 0 Å². The number of benzene rings is 6. The number of halogens is 2. The molecule has 2 aliphatic rings. The van der Waals surface area contributed by atoms with Crippen LogP contribution >= 0.6 is 18.6 Å². The van der Waals surface area contributed by atoms with Gasteiger partial charge < -0.3 is 15.1 Å². The SMILES string of the molecule is Cc1ccc2c(c1)C(C)(c1cc(C)cc(CN(CCN(C)C)Cc3cc(C)cc(C4(C)c5cc(C)ccc5-c5ccc(C)cc54)c3O)c1O)c1cc(C)ccc1-2.[Cl][Ti][Cl]. The van der Waals surface area contributed by atoms with Crippen molar-refractivity contribution in [3.8, 4) is 33.8 Å². The van der Waals surface area contributed by atoms with Crippen LogP contribution in [0.25, 0.3) is 22.3 Å². The number of aromatic hydroxyl groups is 2. The fourth-order valence-electron chi connectivity index (χ4n) is 9.85. The molecular weight excluding hydrogens is 803 g/mol. The summed E-state index contributed by atoms with van der Waals surface area (Å²) in [5.74, 6) is 0.697. The maximum atomic E-state index is 12.5. The molecule has 0 unspecified atom stereocenters. The van der Waals surface area contributed by atoms with Gasteiger partial charge in [0.1, 0.15) is 11.5 Å². The molecule has 6 aromatic carbocycles. The van der Waals surface area contributed by atoms with Crippen LogP contribution in [0, 0.1) is 41.5 Å². The molecule has 0 aliphatic heterocycles. The van der Waals surface area contributed by atoms with Crippen molar-refractivity contribution in [3.05, 3.63) is 175 Å². The second-order valence-electron chi connectivity index (χ2n) is 17.7. The Morgan fingerprint density at radius 2 is 0.746 bits per heavy atom. The summed E-state index contributed by atoms with van der Waals surface area (Å²) >= 11 is -0.556. The Morgan fingerprint density at radius 1 is 0.458 bits per heavy atom. The summed E-state index contributed by atoms with van der Waals surface area (Å²) in [5.41, 5.74) is 19.6. The number of rotatable bonds is 9. The summed E-state index contributed by atoms with van der Waals surface area (Å²) in [6, 6.07) is 35.6. The van der Waals surface area contributed by atoms with Crippen molar-refractivity contribution in [1.82, 2.24) is 9.80 Å². The van der Waals surface area contributed by atoms with Crippen molar-refractivity contribution in [3.63, 3.8) is 0 Å². The van der Waals surface area contributed by atoms with Gasteiger partial charge in [0.15, 0.2) is 0 Å². The number of nitrogens with zero attached hydrogens (tertiary/aromatic N) is 2. The summed E-state index contributed by atoms with van der Waals surface area (Å²) < 4.78 is 0. The Labute approximate surface area is 368 Å². The van der Waals surface area contributed by atoms with E-state index in [-0.39, 0.29) is 0 Å². The van der Waals surface area contributed by atoms with Gasteiger partial charge in [-0.2, -0.15) is 0 Å². The van der Waals surface area contributed by atoms with Crippen LogP contribution in [0.2, 0.25) is 0 Å². The predicted molar refractivity (Wildman–Crippen MR) is 244 cm³/mol. The minimum atomic E-state index is -0.556. The molecule has 0 aromatic heterocycles. The van der Waals surface area contributed by atoms with Gasteiger partial charge in [0.2, 0.25) is 0 Å². The molecule has 0 saturated carbocycles. The van der Waals surface area contributed by atoms with Crippen LogP contribution in [0.3, 0.4) is 0 Å². The molecule has 0 amide bonds. The standard InChI is InChI=1S/C52H56N2O2.2ClH.Ti/c1-31-11-15-39-40-16-12-32(2)24-44(40)51(7,43(39)23-31)47-27-35(5)21-37(49(47)55)29-54(20-19-53(9)10)30-38-22-36(6)28-48(50(38)56)52(8)45-25-33(3)13-17-41(45)42-18-14-34(4)26-46(42)52;;;/h11-18,21-28,55-56H,19-20,29-30H2,1-10H3;2*1H;/q;;;+2/p-2. The number of likely N-dealkylation sites (N-methyl/N-ethyl adjacent to an activating group) is 1. The number of fused-ring (bicyclic) bond motifs is 6. The fraction of sp³-hybridized carbons (Fsp3) is 0.308. The van der Waals surface area contributed by atoms with Gasteiger partial charge >= 0.3 is 35.6 Å². The van der Waals surface area contributed by atoms with Gasteiger partial charge in [-0.3, -0.25) is 4.90 Å². The quantitative estimate of drug-likeness (QED) is 0.142. The zero-order chi connectivity index (χ0) is 42.6. The molecule has 8 rings (SSSR count). The van der Waals surface area contributed by atoms with Crippen LogP contribution in [0.1, 0.15) is 91.7 Å². The monoisotopic (exact) mass is 858 g/mol. The third kappa shape index (κ3) is 7.82. The van der Waals surface area contributed by atoms with Crippen molar-refractivity contribution in [2.45, 2.75) is 79.3 Å². The Hall–Kier alpha value is -3.87. The topological polar surface area (TPSA) is 46.9 Å². The Bertz CT molecular complexity index is 2310. The van der Waals surface area contributed by atoms with Gasteiger partial charge in [-0.05, 0) is 114 Å². The van der Waals surface area contributed by atoms with Crippen molar-refractivity contribution >= 4 is 18.6 Å². The summed E-state index contributed by atoms with van der Waals surface area (Å²) in [7, 11) is 14.0. The van der Waals surface area contributed by atoms with E-state index in [4.69, 9.17) is 18.6 Å². The average molecular weight is 860 g/mol. The zero-order valence-electron chi connectivity index (χ0n) is 36.1. The van der Waals surface area contributed by atoms with E-state index >= 15 is 0 Å². The van der Waals surface area contributed by atoms with E-state index in [1.807, 2.05) is 0 Å². The Balaban J connectivity index is 0.00000171. The van der Waals surface area contributed by atoms with Crippen molar-refractivity contribution < 1.29 is 27.2 Å². The average Bonchev–Trinajstić information content (AvgIpc) is 3.57. The van der Waals surface area contributed by atoms with Crippen LogP contribution in [-0.2, 0) is 41.0 Å². The maximum absolute atomic E-state index is 12.5. The predicted octanol–water partition coefficient (Wildman–Crippen LogP) is 12.6. The third-order valence-electron chi connectivity index (χ3n) is 12.8. The van der Waals surface area contributed by atoms with E-state index in [0.717, 1.165) is 46.5 Å². The molecule has 4 nitrogen and oxygen atoms in total. The normalized spacial score (nSPS) is 14.1. The molecule has 0 radical (unpaired) electrons. The summed E-state index contributed by atoms with van der Waals surface area (Å²) in [5, 5.41) is 25.0. The van der Waals surface area contributed by atoms with Crippen LogP contribution in [0.15, 0.2) is 97.1 Å². The first-order valence-electron chi connectivity index (χ1n) is 20.5. The molecule has 0 fully saturated rings. The number of phenols is 2. The third-order valence-corrected chi connectivity index (χ3v) is 12.8. The molecule has 2 aliphatic carbocycles. The van der Waals surface area contributed by atoms with Gasteiger partial charge in [-0.15, -0.1) is 0 Å². The van der Waals surface area contributed by atoms with E-state index < -0.39 is 27.9 Å². The first-order valence-corrected chi connectivity index (χ1v) is 24.8. The van der Waals surface area contributed by atoms with E-state index in [0.29, 0.717) is 24.6 Å². The number of phenolic OH excluding ortho intramolecular Hbond substituents is 2. The Kier molecular flexibility index (Phi) is 12.4. The van der Waals surface area contributed by atoms with E-state index in [2.05, 4.69) is 176 Å². The molecule has 0 spiro atoms. The molecule has 0 bridgehead atoms. The fourth-order valence-corrected chi connectivity index (χ4v) is 9.85. The first-order chi connectivity index (χ1) is 28.0. The zero-order valence-corrected chi connectivity index (χ0v) is 39.2. The van der Waals surface area contributed by atoms with Crippen LogP contribution in [-0.4, -0.2) is 47.2 Å². The molecule has 0 heterocycles. The van der Waals surface area contributed by atoms with Crippen LogP contribution < -0.4 is 0 Å². The number of hydrogen-bond acceptors (Lipinski definition) is 4. The molecule has 304 valence electrons. The van der Waals surface area contributed by atoms with Gasteiger partial charge in [-0.1, -0.05) is 130 Å². The second-order valence-corrected chi connectivity index (χ2v) is 20.3. The summed E-state index contributed by atoms with van der Waals surface area (Å²) in [6.07, 6.45) is 0. The van der Waals surface area contributed by atoms with Crippen LogP contribution in [0.5, 0.6) is 11.5 Å². The van der Waals surface area contributed by atoms with E-state index in [1.165, 1.54) is 66.8 Å². The van der Waals surface area contributed by atoms with Gasteiger partial charge in [0.25, 0.3) is 0 Å². The van der Waals surface area contributed by atoms with Crippen molar-refractivity contribution in [1.29, 1.82) is 0 Å².